The molecule has 0 atom stereocenters. The molecule has 0 amide bonds. The number of hydrogen-bond donors (Lipinski definition) is 0. The van der Waals surface area contributed by atoms with Gasteiger partial charge in [0, 0.05) is 6.61 Å². The van der Waals surface area contributed by atoms with Crippen molar-refractivity contribution < 1.29 is 61.6 Å². The fraction of sp³-hybridized carbons (Fsp3) is 0.821. The van der Waals surface area contributed by atoms with Crippen molar-refractivity contribution in [2.45, 2.75) is 58.3 Å². The Hall–Kier alpha value is -1.75. The lowest BCUT2D eigenvalue weighted by molar-refractivity contribution is -0.0280. The predicted molar refractivity (Wildman–Crippen MR) is 198 cm³/mol. The lowest BCUT2D eigenvalue weighted by atomic mass is 10.1. The number of rotatable bonds is 43. The molecule has 52 heavy (non-hydrogen) atoms. The van der Waals surface area contributed by atoms with E-state index in [1.807, 2.05) is 6.07 Å². The number of ether oxygens (including phenoxy) is 12. The predicted octanol–water partition coefficient (Wildman–Crippen LogP) is 5.17. The van der Waals surface area contributed by atoms with Gasteiger partial charge in [-0.2, -0.15) is 0 Å². The average molecular weight is 747 g/mol. The molecule has 13 heteroatoms. The Labute approximate surface area is 313 Å². The minimum Gasteiger partial charge on any atom is -0.460 e. The minimum atomic E-state index is -0.355. The molecule has 0 aliphatic carbocycles. The molecule has 0 spiro atoms. The highest BCUT2D eigenvalue weighted by molar-refractivity contribution is 5.89. The number of carbonyl (C=O) groups excluding carboxylic acids is 1. The van der Waals surface area contributed by atoms with Crippen LogP contribution in [0.3, 0.4) is 0 Å². The van der Waals surface area contributed by atoms with Gasteiger partial charge in [0.2, 0.25) is 0 Å². The van der Waals surface area contributed by atoms with Gasteiger partial charge in [0.15, 0.2) is 0 Å². The maximum Gasteiger partial charge on any atom is 0.338 e. The van der Waals surface area contributed by atoms with E-state index in [1.54, 1.807) is 24.3 Å². The largest absolute Gasteiger partial charge is 0.460 e. The van der Waals surface area contributed by atoms with Gasteiger partial charge >= 0.3 is 5.97 Å². The highest BCUT2D eigenvalue weighted by Crippen LogP contribution is 2.08. The van der Waals surface area contributed by atoms with E-state index < -0.39 is 0 Å². The molecule has 0 fully saturated rings. The lowest BCUT2D eigenvalue weighted by Crippen LogP contribution is -2.15. The van der Waals surface area contributed by atoms with E-state index in [2.05, 4.69) is 6.92 Å². The van der Waals surface area contributed by atoms with Crippen molar-refractivity contribution in [1.29, 1.82) is 0 Å². The number of unbranched alkanes of at least 4 members (excludes halogenated alkanes) is 7. The van der Waals surface area contributed by atoms with Gasteiger partial charge < -0.3 is 56.8 Å². The van der Waals surface area contributed by atoms with Crippen LogP contribution in [-0.2, 0) is 56.8 Å². The number of hydrogen-bond acceptors (Lipinski definition) is 13. The maximum absolute atomic E-state index is 11.8. The summed E-state index contributed by atoms with van der Waals surface area (Å²) in [6, 6.07) is 8.86. The van der Waals surface area contributed by atoms with E-state index in [0.717, 1.165) is 13.0 Å². The molecule has 0 saturated heterocycles. The van der Waals surface area contributed by atoms with Crippen molar-refractivity contribution >= 4 is 5.97 Å². The molecule has 0 saturated carbocycles. The summed E-state index contributed by atoms with van der Waals surface area (Å²) in [5.41, 5.74) is 0.527. The Kier molecular flexibility index (Phi) is 39.0. The van der Waals surface area contributed by atoms with Crippen molar-refractivity contribution in [3.63, 3.8) is 0 Å². The zero-order valence-electron chi connectivity index (χ0n) is 32.1. The van der Waals surface area contributed by atoms with Crippen LogP contribution in [0.5, 0.6) is 0 Å². The zero-order chi connectivity index (χ0) is 37.1. The van der Waals surface area contributed by atoms with E-state index in [9.17, 15) is 4.79 Å². The molecule has 0 aliphatic rings. The topological polar surface area (TPSA) is 128 Å². The SMILES string of the molecule is CCCCCCCCCCOCCOCCOCCOCCOCCOCCOCCOCCOCCOCCOCCOC(=O)c1ccccc1. The Morgan fingerprint density at radius 2 is 0.615 bits per heavy atom. The van der Waals surface area contributed by atoms with Gasteiger partial charge in [-0.1, -0.05) is 70.1 Å². The second-order valence-corrected chi connectivity index (χ2v) is 11.7. The second kappa shape index (κ2) is 42.0. The van der Waals surface area contributed by atoms with Crippen LogP contribution >= 0.6 is 0 Å². The van der Waals surface area contributed by atoms with Crippen LogP contribution in [0.15, 0.2) is 30.3 Å². The van der Waals surface area contributed by atoms with E-state index in [-0.39, 0.29) is 12.6 Å². The molecule has 13 nitrogen and oxygen atoms in total. The lowest BCUT2D eigenvalue weighted by Gasteiger charge is -2.09. The first kappa shape index (κ1) is 48.3. The van der Waals surface area contributed by atoms with Gasteiger partial charge in [0.25, 0.3) is 0 Å². The van der Waals surface area contributed by atoms with Gasteiger partial charge in [-0.25, -0.2) is 4.79 Å². The molecule has 0 aliphatic heterocycles. The van der Waals surface area contributed by atoms with Crippen LogP contribution in [0.1, 0.15) is 68.6 Å². The summed E-state index contributed by atoms with van der Waals surface area (Å²) in [4.78, 5) is 11.8. The number of esters is 1. The van der Waals surface area contributed by atoms with Crippen LogP contribution in [0, 0.1) is 0 Å². The highest BCUT2D eigenvalue weighted by atomic mass is 16.6. The fourth-order valence-electron chi connectivity index (χ4n) is 4.49. The Bertz CT molecular complexity index is 834. The summed E-state index contributed by atoms with van der Waals surface area (Å²) in [6.07, 6.45) is 10.5. The van der Waals surface area contributed by atoms with Crippen LogP contribution in [0.25, 0.3) is 0 Å². The standard InChI is InChI=1S/C39H70O13/c1-2-3-4-5-6-7-8-12-15-41-16-17-42-18-19-43-20-21-44-22-23-45-24-25-46-26-27-47-28-29-48-30-31-49-32-33-50-34-35-51-36-37-52-39(40)38-13-10-9-11-14-38/h9-11,13-14H,2-8,12,15-37H2,1H3. The van der Waals surface area contributed by atoms with Crippen LogP contribution < -0.4 is 0 Å². The average Bonchev–Trinajstić information content (AvgIpc) is 3.17. The van der Waals surface area contributed by atoms with Gasteiger partial charge in [0.1, 0.15) is 6.61 Å². The molecule has 0 unspecified atom stereocenters. The Morgan fingerprint density at radius 3 is 0.942 bits per heavy atom. The van der Waals surface area contributed by atoms with Gasteiger partial charge in [0.05, 0.1) is 144 Å². The first-order chi connectivity index (χ1) is 25.8. The smallest absolute Gasteiger partial charge is 0.338 e. The zero-order valence-corrected chi connectivity index (χ0v) is 32.1. The van der Waals surface area contributed by atoms with Crippen LogP contribution in [0.4, 0.5) is 0 Å². The first-order valence-corrected chi connectivity index (χ1v) is 19.4. The molecular formula is C39H70O13. The molecule has 1 rings (SSSR count). The summed E-state index contributed by atoms with van der Waals surface area (Å²) in [6.45, 7) is 13.9. The number of carbonyl (C=O) groups is 1. The fourth-order valence-corrected chi connectivity index (χ4v) is 4.49. The molecule has 304 valence electrons. The second-order valence-electron chi connectivity index (χ2n) is 11.7. The van der Waals surface area contributed by atoms with E-state index >= 15 is 0 Å². The highest BCUT2D eigenvalue weighted by Gasteiger charge is 2.05. The summed E-state index contributed by atoms with van der Waals surface area (Å²) < 4.78 is 65.6. The molecule has 1 aromatic carbocycles. The van der Waals surface area contributed by atoms with Crippen molar-refractivity contribution in [1.82, 2.24) is 0 Å². The van der Waals surface area contributed by atoms with E-state index in [1.165, 1.54) is 44.9 Å². The molecular weight excluding hydrogens is 676 g/mol. The normalized spacial score (nSPS) is 11.4. The Morgan fingerprint density at radius 1 is 0.346 bits per heavy atom. The molecule has 0 radical (unpaired) electrons. The van der Waals surface area contributed by atoms with E-state index in [4.69, 9.17) is 56.8 Å². The monoisotopic (exact) mass is 746 g/mol. The van der Waals surface area contributed by atoms with Crippen LogP contribution in [0.2, 0.25) is 0 Å². The molecule has 1 aromatic rings. The maximum atomic E-state index is 11.8. The van der Waals surface area contributed by atoms with Crippen molar-refractivity contribution in [2.75, 3.05) is 152 Å². The Balaban J connectivity index is 1.62. The molecule has 0 heterocycles. The van der Waals surface area contributed by atoms with Crippen LogP contribution in [-0.4, -0.2) is 158 Å². The number of benzene rings is 1. The third-order valence-corrected chi connectivity index (χ3v) is 7.33. The van der Waals surface area contributed by atoms with E-state index in [0.29, 0.717) is 144 Å². The van der Waals surface area contributed by atoms with Gasteiger partial charge in [-0.15, -0.1) is 0 Å². The summed E-state index contributed by atoms with van der Waals surface area (Å²) in [5.74, 6) is -0.355. The molecule has 0 N–H and O–H groups in total. The third kappa shape index (κ3) is 36.6. The molecule has 0 bridgehead atoms. The quantitative estimate of drug-likeness (QED) is 0.0645. The summed E-state index contributed by atoms with van der Waals surface area (Å²) in [7, 11) is 0. The third-order valence-electron chi connectivity index (χ3n) is 7.33. The molecule has 0 aromatic heterocycles. The summed E-state index contributed by atoms with van der Waals surface area (Å²) >= 11 is 0. The van der Waals surface area contributed by atoms with Crippen molar-refractivity contribution in [3.8, 4) is 0 Å². The first-order valence-electron chi connectivity index (χ1n) is 19.4. The minimum absolute atomic E-state index is 0.203. The van der Waals surface area contributed by atoms with Gasteiger partial charge in [-0.05, 0) is 18.6 Å². The van der Waals surface area contributed by atoms with Crippen molar-refractivity contribution in [3.05, 3.63) is 35.9 Å². The van der Waals surface area contributed by atoms with Gasteiger partial charge in [-0.3, -0.25) is 0 Å². The van der Waals surface area contributed by atoms with Crippen molar-refractivity contribution in [2.24, 2.45) is 0 Å². The summed E-state index contributed by atoms with van der Waals surface area (Å²) in [5, 5.41) is 0.